The van der Waals surface area contributed by atoms with Crippen LogP contribution in [0.1, 0.15) is 16.7 Å². The molecule has 0 aromatic heterocycles. The molecule has 5 nitrogen and oxygen atoms in total. The van der Waals surface area contributed by atoms with Gasteiger partial charge >= 0.3 is 6.03 Å². The second-order valence-corrected chi connectivity index (χ2v) is 6.00. The van der Waals surface area contributed by atoms with E-state index >= 15 is 0 Å². The minimum Gasteiger partial charge on any atom is -0.380 e. The maximum atomic E-state index is 12.1. The second-order valence-electron chi connectivity index (χ2n) is 6.00. The number of hydrogen-bond donors (Lipinski definition) is 2. The van der Waals surface area contributed by atoms with E-state index in [0.29, 0.717) is 13.2 Å². The Morgan fingerprint density at radius 1 is 1.04 bits per heavy atom. The Bertz CT molecular complexity index is 671. The highest BCUT2D eigenvalue weighted by molar-refractivity contribution is 5.89. The molecule has 0 saturated carbocycles. The predicted octanol–water partition coefficient (Wildman–Crippen LogP) is 3.22. The van der Waals surface area contributed by atoms with Crippen LogP contribution >= 0.6 is 0 Å². The van der Waals surface area contributed by atoms with E-state index < -0.39 is 0 Å². The molecule has 2 amide bonds. The summed E-state index contributed by atoms with van der Waals surface area (Å²) in [6.07, 6.45) is 0. The van der Waals surface area contributed by atoms with Gasteiger partial charge in [0, 0.05) is 25.9 Å². The number of methoxy groups -OCH3 is 1. The number of anilines is 1. The molecule has 0 aliphatic heterocycles. The third-order valence-corrected chi connectivity index (χ3v) is 3.44. The molecule has 2 rings (SSSR count). The lowest BCUT2D eigenvalue weighted by atomic mass is 10.1. The van der Waals surface area contributed by atoms with Crippen LogP contribution in [0.2, 0.25) is 0 Å². The van der Waals surface area contributed by atoms with Crippen LogP contribution in [0.4, 0.5) is 10.5 Å². The van der Waals surface area contributed by atoms with Crippen LogP contribution in [0, 0.1) is 0 Å². The Balaban J connectivity index is 1.88. The number of nitrogens with zero attached hydrogens (tertiary/aromatic N) is 1. The van der Waals surface area contributed by atoms with E-state index in [1.165, 1.54) is 5.56 Å². The van der Waals surface area contributed by atoms with Gasteiger partial charge in [-0.25, -0.2) is 4.79 Å². The van der Waals surface area contributed by atoms with E-state index in [1.54, 1.807) is 7.11 Å². The number of carbonyl (C=O) groups is 1. The van der Waals surface area contributed by atoms with Crippen LogP contribution in [0.15, 0.2) is 48.5 Å². The summed E-state index contributed by atoms with van der Waals surface area (Å²) >= 11 is 0. The van der Waals surface area contributed by atoms with Crippen LogP contribution < -0.4 is 10.6 Å². The highest BCUT2D eigenvalue weighted by atomic mass is 16.5. The molecule has 0 aliphatic rings. The van der Waals surface area contributed by atoms with Crippen molar-refractivity contribution in [3.05, 3.63) is 65.2 Å². The van der Waals surface area contributed by atoms with E-state index in [9.17, 15) is 4.79 Å². The Labute approximate surface area is 143 Å². The van der Waals surface area contributed by atoms with Gasteiger partial charge in [0.15, 0.2) is 0 Å². The lowest BCUT2D eigenvalue weighted by Crippen LogP contribution is -2.28. The maximum absolute atomic E-state index is 12.1. The summed E-state index contributed by atoms with van der Waals surface area (Å²) in [5, 5.41) is 5.73. The fraction of sp³-hybridized carbons (Fsp3) is 0.316. The van der Waals surface area contributed by atoms with Gasteiger partial charge in [-0.1, -0.05) is 36.4 Å². The van der Waals surface area contributed by atoms with E-state index in [0.717, 1.165) is 23.4 Å². The van der Waals surface area contributed by atoms with Gasteiger partial charge in [0.2, 0.25) is 0 Å². The minimum absolute atomic E-state index is 0.220. The molecule has 2 N–H and O–H groups in total. The molecule has 0 fully saturated rings. The molecular formula is C19H25N3O2. The summed E-state index contributed by atoms with van der Waals surface area (Å²) in [7, 11) is 5.73. The maximum Gasteiger partial charge on any atom is 0.319 e. The topological polar surface area (TPSA) is 53.6 Å². The molecule has 128 valence electrons. The van der Waals surface area contributed by atoms with Crippen molar-refractivity contribution in [3.8, 4) is 0 Å². The summed E-state index contributed by atoms with van der Waals surface area (Å²) in [6, 6.07) is 15.6. The van der Waals surface area contributed by atoms with Gasteiger partial charge < -0.3 is 20.3 Å². The van der Waals surface area contributed by atoms with Crippen molar-refractivity contribution < 1.29 is 9.53 Å². The number of ether oxygens (including phenoxy) is 1. The summed E-state index contributed by atoms with van der Waals surface area (Å²) in [5.74, 6) is 0. The zero-order valence-electron chi connectivity index (χ0n) is 14.5. The Kier molecular flexibility index (Phi) is 6.78. The van der Waals surface area contributed by atoms with Crippen molar-refractivity contribution >= 4 is 11.7 Å². The van der Waals surface area contributed by atoms with Gasteiger partial charge in [0.1, 0.15) is 0 Å². The molecule has 0 heterocycles. The first kappa shape index (κ1) is 18.0. The third-order valence-electron chi connectivity index (χ3n) is 3.44. The van der Waals surface area contributed by atoms with Gasteiger partial charge in [-0.15, -0.1) is 0 Å². The number of rotatable bonds is 7. The molecule has 24 heavy (non-hydrogen) atoms. The molecule has 0 unspecified atom stereocenters. The third kappa shape index (κ3) is 6.02. The smallest absolute Gasteiger partial charge is 0.319 e. The lowest BCUT2D eigenvalue weighted by Gasteiger charge is -2.12. The number of nitrogens with one attached hydrogen (secondary N) is 2. The van der Waals surface area contributed by atoms with Crippen molar-refractivity contribution in [1.29, 1.82) is 0 Å². The Hall–Kier alpha value is -2.37. The number of carbonyl (C=O) groups excluding carboxylic acids is 1. The number of urea groups is 1. The first-order chi connectivity index (χ1) is 11.6. The SMILES string of the molecule is COCc1cccc(NC(=O)NCc2cccc(CN(C)C)c2)c1. The van der Waals surface area contributed by atoms with Crippen LogP contribution in [0.25, 0.3) is 0 Å². The first-order valence-electron chi connectivity index (χ1n) is 7.92. The van der Waals surface area contributed by atoms with Crippen molar-refractivity contribution in [3.63, 3.8) is 0 Å². The van der Waals surface area contributed by atoms with E-state index in [1.807, 2.05) is 50.5 Å². The molecule has 0 saturated heterocycles. The molecule has 2 aromatic rings. The monoisotopic (exact) mass is 327 g/mol. The Morgan fingerprint density at radius 2 is 1.75 bits per heavy atom. The summed E-state index contributed by atoms with van der Waals surface area (Å²) < 4.78 is 5.10. The molecule has 5 heteroatoms. The Morgan fingerprint density at radius 3 is 2.50 bits per heavy atom. The molecule has 2 aromatic carbocycles. The van der Waals surface area contributed by atoms with Crippen molar-refractivity contribution in [2.75, 3.05) is 26.5 Å². The van der Waals surface area contributed by atoms with E-state index in [-0.39, 0.29) is 6.03 Å². The van der Waals surface area contributed by atoms with Crippen LogP contribution in [0.3, 0.4) is 0 Å². The van der Waals surface area contributed by atoms with Crippen LogP contribution in [-0.2, 0) is 24.4 Å². The quantitative estimate of drug-likeness (QED) is 0.821. The summed E-state index contributed by atoms with van der Waals surface area (Å²) in [6.45, 7) is 1.90. The van der Waals surface area contributed by atoms with Gasteiger partial charge in [-0.2, -0.15) is 0 Å². The standard InChI is InChI=1S/C19H25N3O2/c1-22(2)13-16-7-4-6-15(10-16)12-20-19(23)21-18-9-5-8-17(11-18)14-24-3/h4-11H,12-14H2,1-3H3,(H2,20,21,23). The van der Waals surface area contributed by atoms with Crippen molar-refractivity contribution in [2.45, 2.75) is 19.7 Å². The lowest BCUT2D eigenvalue weighted by molar-refractivity contribution is 0.185. The number of amides is 2. The van der Waals surface area contributed by atoms with Gasteiger partial charge in [-0.3, -0.25) is 0 Å². The average Bonchev–Trinajstić information content (AvgIpc) is 2.53. The highest BCUT2D eigenvalue weighted by Gasteiger charge is 2.04. The summed E-state index contributed by atoms with van der Waals surface area (Å²) in [5.41, 5.74) is 4.08. The first-order valence-corrected chi connectivity index (χ1v) is 7.92. The fourth-order valence-corrected chi connectivity index (χ4v) is 2.47. The van der Waals surface area contributed by atoms with Gasteiger partial charge in [-0.05, 0) is 42.9 Å². The van der Waals surface area contributed by atoms with Crippen molar-refractivity contribution in [2.24, 2.45) is 0 Å². The number of hydrogen-bond acceptors (Lipinski definition) is 3. The zero-order valence-corrected chi connectivity index (χ0v) is 14.5. The number of benzene rings is 2. The molecule has 0 spiro atoms. The molecule has 0 aliphatic carbocycles. The average molecular weight is 327 g/mol. The van der Waals surface area contributed by atoms with Crippen LogP contribution in [-0.4, -0.2) is 32.1 Å². The highest BCUT2D eigenvalue weighted by Crippen LogP contribution is 2.11. The fourth-order valence-electron chi connectivity index (χ4n) is 2.47. The minimum atomic E-state index is -0.220. The van der Waals surface area contributed by atoms with Gasteiger partial charge in [0.25, 0.3) is 0 Å². The predicted molar refractivity (Wildman–Crippen MR) is 96.8 cm³/mol. The van der Waals surface area contributed by atoms with E-state index in [2.05, 4.69) is 27.7 Å². The molecule has 0 bridgehead atoms. The summed E-state index contributed by atoms with van der Waals surface area (Å²) in [4.78, 5) is 14.2. The van der Waals surface area contributed by atoms with E-state index in [4.69, 9.17) is 4.74 Å². The zero-order chi connectivity index (χ0) is 17.4. The molecule has 0 radical (unpaired) electrons. The second kappa shape index (κ2) is 9.05. The molecule has 0 atom stereocenters. The molecular weight excluding hydrogens is 302 g/mol. The van der Waals surface area contributed by atoms with Gasteiger partial charge in [0.05, 0.1) is 6.61 Å². The van der Waals surface area contributed by atoms with Crippen molar-refractivity contribution in [1.82, 2.24) is 10.2 Å². The van der Waals surface area contributed by atoms with Crippen LogP contribution in [0.5, 0.6) is 0 Å². The normalized spacial score (nSPS) is 10.7. The largest absolute Gasteiger partial charge is 0.380 e.